The van der Waals surface area contributed by atoms with Crippen molar-refractivity contribution in [3.63, 3.8) is 0 Å². The van der Waals surface area contributed by atoms with Gasteiger partial charge in [-0.2, -0.15) is 12.6 Å². The average molecular weight is 247 g/mol. The van der Waals surface area contributed by atoms with Crippen LogP contribution in [-0.2, 0) is 5.75 Å². The van der Waals surface area contributed by atoms with Crippen molar-refractivity contribution in [2.75, 3.05) is 7.11 Å². The molecular formula is C14H17NOS. The van der Waals surface area contributed by atoms with Crippen molar-refractivity contribution in [3.8, 4) is 5.75 Å². The van der Waals surface area contributed by atoms with Gasteiger partial charge in [-0.15, -0.1) is 0 Å². The minimum absolute atomic E-state index is 0.431. The van der Waals surface area contributed by atoms with E-state index >= 15 is 0 Å². The molecule has 2 aromatic rings. The molecule has 0 saturated heterocycles. The van der Waals surface area contributed by atoms with Gasteiger partial charge in [0.1, 0.15) is 5.75 Å². The van der Waals surface area contributed by atoms with Crippen LogP contribution < -0.4 is 4.74 Å². The van der Waals surface area contributed by atoms with Crippen molar-refractivity contribution in [3.05, 3.63) is 35.5 Å². The van der Waals surface area contributed by atoms with E-state index in [1.165, 1.54) is 5.56 Å². The zero-order chi connectivity index (χ0) is 12.4. The number of hydrogen-bond donors (Lipinski definition) is 1. The van der Waals surface area contributed by atoms with Crippen molar-refractivity contribution in [1.82, 2.24) is 4.98 Å². The van der Waals surface area contributed by atoms with Crippen LogP contribution in [0.1, 0.15) is 31.0 Å². The summed E-state index contributed by atoms with van der Waals surface area (Å²) in [6.45, 7) is 4.31. The number of methoxy groups -OCH3 is 1. The van der Waals surface area contributed by atoms with Crippen molar-refractivity contribution in [2.45, 2.75) is 25.5 Å². The molecule has 0 aliphatic heterocycles. The van der Waals surface area contributed by atoms with Gasteiger partial charge in [0.05, 0.1) is 12.6 Å². The van der Waals surface area contributed by atoms with Gasteiger partial charge in [0.25, 0.3) is 0 Å². The first-order valence-electron chi connectivity index (χ1n) is 5.74. The zero-order valence-electron chi connectivity index (χ0n) is 10.4. The predicted molar refractivity (Wildman–Crippen MR) is 75.1 cm³/mol. The molecule has 0 amide bonds. The Hall–Kier alpha value is -1.22. The third-order valence-electron chi connectivity index (χ3n) is 2.88. The van der Waals surface area contributed by atoms with Gasteiger partial charge in [0, 0.05) is 16.8 Å². The number of fused-ring (bicyclic) bond motifs is 1. The molecule has 0 bridgehead atoms. The second kappa shape index (κ2) is 4.96. The number of benzene rings is 1. The molecule has 0 fully saturated rings. The first-order chi connectivity index (χ1) is 8.15. The predicted octanol–water partition coefficient (Wildman–Crippen LogP) is 3.80. The fourth-order valence-electron chi connectivity index (χ4n) is 1.85. The Bertz CT molecular complexity index is 537. The van der Waals surface area contributed by atoms with Crippen LogP contribution >= 0.6 is 12.6 Å². The second-order valence-electron chi connectivity index (χ2n) is 4.40. The van der Waals surface area contributed by atoms with Crippen molar-refractivity contribution >= 4 is 23.5 Å². The lowest BCUT2D eigenvalue weighted by atomic mass is 10.0. The van der Waals surface area contributed by atoms with E-state index < -0.39 is 0 Å². The van der Waals surface area contributed by atoms with Crippen molar-refractivity contribution in [2.24, 2.45) is 0 Å². The van der Waals surface area contributed by atoms with Crippen LogP contribution in [-0.4, -0.2) is 12.1 Å². The first-order valence-corrected chi connectivity index (χ1v) is 6.37. The Morgan fingerprint density at radius 1 is 1.29 bits per heavy atom. The van der Waals surface area contributed by atoms with Crippen LogP contribution in [0.15, 0.2) is 24.3 Å². The number of pyridine rings is 1. The standard InChI is InChI=1S/C14H17NOS/c1-9(2)14-6-10(8-17)12-7-11(16-3)4-5-13(12)15-14/h4-7,9,17H,8H2,1-3H3. The van der Waals surface area contributed by atoms with E-state index in [2.05, 4.69) is 37.5 Å². The molecule has 0 aliphatic carbocycles. The number of hydrogen-bond acceptors (Lipinski definition) is 3. The maximum absolute atomic E-state index is 5.25. The molecule has 0 spiro atoms. The van der Waals surface area contributed by atoms with E-state index in [0.29, 0.717) is 11.7 Å². The third kappa shape index (κ3) is 2.39. The number of ether oxygens (including phenoxy) is 1. The maximum atomic E-state index is 5.25. The van der Waals surface area contributed by atoms with E-state index in [9.17, 15) is 0 Å². The van der Waals surface area contributed by atoms with Crippen molar-refractivity contribution in [1.29, 1.82) is 0 Å². The Morgan fingerprint density at radius 3 is 2.65 bits per heavy atom. The topological polar surface area (TPSA) is 22.1 Å². The van der Waals surface area contributed by atoms with Crippen LogP contribution in [0.2, 0.25) is 0 Å². The van der Waals surface area contributed by atoms with Gasteiger partial charge >= 0.3 is 0 Å². The van der Waals surface area contributed by atoms with E-state index in [1.807, 2.05) is 18.2 Å². The number of thiol groups is 1. The van der Waals surface area contributed by atoms with Crippen LogP contribution in [0, 0.1) is 0 Å². The van der Waals surface area contributed by atoms with Gasteiger partial charge in [-0.3, -0.25) is 4.98 Å². The minimum atomic E-state index is 0.431. The van der Waals surface area contributed by atoms with E-state index in [4.69, 9.17) is 4.74 Å². The van der Waals surface area contributed by atoms with Crippen molar-refractivity contribution < 1.29 is 4.74 Å². The van der Waals surface area contributed by atoms with Gasteiger partial charge in [-0.05, 0) is 35.7 Å². The summed E-state index contributed by atoms with van der Waals surface area (Å²) in [5, 5.41) is 1.13. The third-order valence-corrected chi connectivity index (χ3v) is 3.22. The molecule has 0 N–H and O–H groups in total. The highest BCUT2D eigenvalue weighted by molar-refractivity contribution is 7.79. The van der Waals surface area contributed by atoms with Crippen LogP contribution in [0.5, 0.6) is 5.75 Å². The van der Waals surface area contributed by atoms with Gasteiger partial charge in [-0.1, -0.05) is 13.8 Å². The lowest BCUT2D eigenvalue weighted by Crippen LogP contribution is -1.96. The zero-order valence-corrected chi connectivity index (χ0v) is 11.3. The van der Waals surface area contributed by atoms with Gasteiger partial charge < -0.3 is 4.74 Å². The van der Waals surface area contributed by atoms with Gasteiger partial charge in [0.2, 0.25) is 0 Å². The molecule has 0 radical (unpaired) electrons. The van der Waals surface area contributed by atoms with E-state index in [0.717, 1.165) is 22.3 Å². The van der Waals surface area contributed by atoms with Gasteiger partial charge in [0.15, 0.2) is 0 Å². The van der Waals surface area contributed by atoms with E-state index in [-0.39, 0.29) is 0 Å². The molecule has 0 saturated carbocycles. The molecule has 17 heavy (non-hydrogen) atoms. The average Bonchev–Trinajstić information content (AvgIpc) is 2.36. The molecule has 3 heteroatoms. The van der Waals surface area contributed by atoms with E-state index in [1.54, 1.807) is 7.11 Å². The SMILES string of the molecule is COc1ccc2nc(C(C)C)cc(CS)c2c1. The first kappa shape index (κ1) is 12.2. The number of aromatic nitrogens is 1. The normalized spacial score (nSPS) is 11.1. The molecule has 0 aliphatic rings. The van der Waals surface area contributed by atoms with Gasteiger partial charge in [-0.25, -0.2) is 0 Å². The molecule has 90 valence electrons. The lowest BCUT2D eigenvalue weighted by molar-refractivity contribution is 0.415. The number of nitrogens with zero attached hydrogens (tertiary/aromatic N) is 1. The summed E-state index contributed by atoms with van der Waals surface area (Å²) in [5.41, 5.74) is 3.34. The minimum Gasteiger partial charge on any atom is -0.497 e. The Labute approximate surface area is 107 Å². The van der Waals surface area contributed by atoms with Crippen LogP contribution in [0.4, 0.5) is 0 Å². The summed E-state index contributed by atoms with van der Waals surface area (Å²) in [6, 6.07) is 8.12. The van der Waals surface area contributed by atoms with Crippen LogP contribution in [0.3, 0.4) is 0 Å². The molecular weight excluding hydrogens is 230 g/mol. The Morgan fingerprint density at radius 2 is 2.06 bits per heavy atom. The Kier molecular flexibility index (Phi) is 3.57. The summed E-state index contributed by atoms with van der Waals surface area (Å²) in [5.74, 6) is 2.01. The summed E-state index contributed by atoms with van der Waals surface area (Å²) in [6.07, 6.45) is 0. The molecule has 1 heterocycles. The van der Waals surface area contributed by atoms with Crippen LogP contribution in [0.25, 0.3) is 10.9 Å². The highest BCUT2D eigenvalue weighted by Gasteiger charge is 2.08. The second-order valence-corrected chi connectivity index (χ2v) is 4.72. The largest absolute Gasteiger partial charge is 0.497 e. The maximum Gasteiger partial charge on any atom is 0.119 e. The molecule has 0 atom stereocenters. The molecule has 1 aromatic carbocycles. The Balaban J connectivity index is 2.68. The molecule has 2 nitrogen and oxygen atoms in total. The monoisotopic (exact) mass is 247 g/mol. The molecule has 0 unspecified atom stereocenters. The summed E-state index contributed by atoms with van der Waals surface area (Å²) < 4.78 is 5.25. The quantitative estimate of drug-likeness (QED) is 0.833. The fraction of sp³-hybridized carbons (Fsp3) is 0.357. The smallest absolute Gasteiger partial charge is 0.119 e. The highest BCUT2D eigenvalue weighted by Crippen LogP contribution is 2.26. The lowest BCUT2D eigenvalue weighted by Gasteiger charge is -2.11. The summed E-state index contributed by atoms with van der Waals surface area (Å²) >= 11 is 4.40. The summed E-state index contributed by atoms with van der Waals surface area (Å²) in [7, 11) is 1.68. The highest BCUT2D eigenvalue weighted by atomic mass is 32.1. The number of rotatable bonds is 3. The molecule has 2 rings (SSSR count). The molecule has 1 aromatic heterocycles. The summed E-state index contributed by atoms with van der Waals surface area (Å²) in [4.78, 5) is 4.67. The fourth-order valence-corrected chi connectivity index (χ4v) is 2.11.